The van der Waals surface area contributed by atoms with E-state index in [1.807, 2.05) is 0 Å². The molecular weight excluding hydrogens is 216 g/mol. The number of halogens is 1. The summed E-state index contributed by atoms with van der Waals surface area (Å²) in [6.07, 6.45) is 0. The summed E-state index contributed by atoms with van der Waals surface area (Å²) in [7, 11) is 1.54. The summed E-state index contributed by atoms with van der Waals surface area (Å²) in [5.74, 6) is 0.485. The zero-order chi connectivity index (χ0) is 11.0. The third kappa shape index (κ3) is 1.72. The van der Waals surface area contributed by atoms with Crippen molar-refractivity contribution < 1.29 is 9.53 Å². The summed E-state index contributed by atoms with van der Waals surface area (Å²) in [6.45, 7) is 1.79. The van der Waals surface area contributed by atoms with Crippen LogP contribution in [0.1, 0.15) is 6.92 Å². The van der Waals surface area contributed by atoms with Crippen LogP contribution in [0, 0.1) is 0 Å². The maximum Gasteiger partial charge on any atom is 0.246 e. The predicted molar refractivity (Wildman–Crippen MR) is 59.7 cm³/mol. The molecule has 0 aromatic heterocycles. The Morgan fingerprint density at radius 3 is 2.80 bits per heavy atom. The molecule has 1 amide bonds. The second-order valence-corrected chi connectivity index (χ2v) is 3.79. The molecule has 15 heavy (non-hydrogen) atoms. The van der Waals surface area contributed by atoms with Crippen LogP contribution in [0.5, 0.6) is 5.75 Å². The van der Waals surface area contributed by atoms with Crippen molar-refractivity contribution in [1.29, 1.82) is 0 Å². The predicted octanol–water partition coefficient (Wildman–Crippen LogP) is 2.10. The quantitative estimate of drug-likeness (QED) is 0.771. The molecule has 1 aliphatic heterocycles. The maximum absolute atomic E-state index is 11.4. The van der Waals surface area contributed by atoms with Crippen LogP contribution in [-0.4, -0.2) is 19.1 Å². The Kier molecular flexibility index (Phi) is 2.44. The number of hydrogen-bond acceptors (Lipinski definition) is 3. The number of carbonyl (C=O) groups excluding carboxylic acids is 1. The number of nitrogens with one attached hydrogen (secondary N) is 2. The maximum atomic E-state index is 11.4. The van der Waals surface area contributed by atoms with Gasteiger partial charge in [0.25, 0.3) is 0 Å². The van der Waals surface area contributed by atoms with Crippen molar-refractivity contribution in [3.05, 3.63) is 17.2 Å². The molecule has 80 valence electrons. The van der Waals surface area contributed by atoms with Crippen LogP contribution in [0.15, 0.2) is 12.1 Å². The topological polar surface area (TPSA) is 50.4 Å². The van der Waals surface area contributed by atoms with Gasteiger partial charge in [0.1, 0.15) is 11.8 Å². The molecule has 0 aliphatic carbocycles. The van der Waals surface area contributed by atoms with Crippen LogP contribution in [0.25, 0.3) is 0 Å². The smallest absolute Gasteiger partial charge is 0.246 e. The van der Waals surface area contributed by atoms with E-state index in [1.54, 1.807) is 19.1 Å². The Bertz CT molecular complexity index is 420. The number of ether oxygens (including phenoxy) is 1. The molecule has 1 atom stereocenters. The van der Waals surface area contributed by atoms with Crippen molar-refractivity contribution >= 4 is 28.9 Å². The van der Waals surface area contributed by atoms with Gasteiger partial charge in [0.05, 0.1) is 23.5 Å². The molecule has 0 spiro atoms. The lowest BCUT2D eigenvalue weighted by molar-refractivity contribution is -0.116. The molecule has 2 rings (SSSR count). The second-order valence-electron chi connectivity index (χ2n) is 3.39. The third-order valence-corrected chi connectivity index (χ3v) is 2.61. The highest BCUT2D eigenvalue weighted by molar-refractivity contribution is 6.32. The highest BCUT2D eigenvalue weighted by Crippen LogP contribution is 2.36. The van der Waals surface area contributed by atoms with Crippen LogP contribution in [0.3, 0.4) is 0 Å². The Morgan fingerprint density at radius 2 is 2.13 bits per heavy atom. The molecule has 0 unspecified atom stereocenters. The lowest BCUT2D eigenvalue weighted by Gasteiger charge is -2.24. The standard InChI is InChI=1S/C10H11ClN2O2/c1-5-10(14)13-8-4-9(15-2)6(11)3-7(8)12-5/h3-5,12H,1-2H3,(H,13,14)/t5-/m1/s1. The van der Waals surface area contributed by atoms with Gasteiger partial charge in [-0.1, -0.05) is 11.6 Å². The number of amides is 1. The van der Waals surface area contributed by atoms with Gasteiger partial charge < -0.3 is 15.4 Å². The molecule has 4 nitrogen and oxygen atoms in total. The van der Waals surface area contributed by atoms with Crippen LogP contribution >= 0.6 is 11.6 Å². The highest BCUT2D eigenvalue weighted by Gasteiger charge is 2.22. The normalized spacial score (nSPS) is 18.9. The number of fused-ring (bicyclic) bond motifs is 1. The zero-order valence-electron chi connectivity index (χ0n) is 8.43. The number of benzene rings is 1. The van der Waals surface area contributed by atoms with E-state index in [9.17, 15) is 4.79 Å². The van der Waals surface area contributed by atoms with Crippen LogP contribution in [-0.2, 0) is 4.79 Å². The monoisotopic (exact) mass is 226 g/mol. The van der Waals surface area contributed by atoms with Gasteiger partial charge in [0, 0.05) is 6.07 Å². The molecule has 5 heteroatoms. The van der Waals surface area contributed by atoms with Crippen molar-refractivity contribution in [3.8, 4) is 5.75 Å². The summed E-state index contributed by atoms with van der Waals surface area (Å²) < 4.78 is 5.06. The first-order chi connectivity index (χ1) is 7.11. The second kappa shape index (κ2) is 3.62. The fraction of sp³-hybridized carbons (Fsp3) is 0.300. The van der Waals surface area contributed by atoms with Gasteiger partial charge in [0.15, 0.2) is 0 Å². The van der Waals surface area contributed by atoms with Crippen molar-refractivity contribution in [2.75, 3.05) is 17.7 Å². The van der Waals surface area contributed by atoms with Crippen LogP contribution < -0.4 is 15.4 Å². The van der Waals surface area contributed by atoms with E-state index in [1.165, 1.54) is 7.11 Å². The van der Waals surface area contributed by atoms with Crippen molar-refractivity contribution in [2.45, 2.75) is 13.0 Å². The number of hydrogen-bond donors (Lipinski definition) is 2. The molecule has 1 heterocycles. The fourth-order valence-corrected chi connectivity index (χ4v) is 1.71. The number of carbonyl (C=O) groups is 1. The number of anilines is 2. The summed E-state index contributed by atoms with van der Waals surface area (Å²) in [4.78, 5) is 11.4. The average molecular weight is 227 g/mol. The van der Waals surface area contributed by atoms with E-state index in [0.717, 1.165) is 5.69 Å². The Hall–Kier alpha value is -1.42. The van der Waals surface area contributed by atoms with Gasteiger partial charge in [-0.3, -0.25) is 4.79 Å². The van der Waals surface area contributed by atoms with Gasteiger partial charge in [-0.25, -0.2) is 0 Å². The fourth-order valence-electron chi connectivity index (χ4n) is 1.47. The van der Waals surface area contributed by atoms with Gasteiger partial charge >= 0.3 is 0 Å². The van der Waals surface area contributed by atoms with Gasteiger partial charge in [-0.15, -0.1) is 0 Å². The minimum atomic E-state index is -0.248. The molecule has 1 aliphatic rings. The molecule has 0 radical (unpaired) electrons. The first kappa shape index (κ1) is 10.1. The van der Waals surface area contributed by atoms with Crippen molar-refractivity contribution in [2.24, 2.45) is 0 Å². The van der Waals surface area contributed by atoms with E-state index >= 15 is 0 Å². The van der Waals surface area contributed by atoms with E-state index in [-0.39, 0.29) is 11.9 Å². The lowest BCUT2D eigenvalue weighted by Crippen LogP contribution is -2.36. The molecule has 0 saturated carbocycles. The minimum Gasteiger partial charge on any atom is -0.495 e. The minimum absolute atomic E-state index is 0.0631. The largest absolute Gasteiger partial charge is 0.495 e. The molecular formula is C10H11ClN2O2. The summed E-state index contributed by atoms with van der Waals surface area (Å²) in [5, 5.41) is 6.34. The molecule has 1 aromatic rings. The lowest BCUT2D eigenvalue weighted by atomic mass is 10.1. The molecule has 2 N–H and O–H groups in total. The average Bonchev–Trinajstić information content (AvgIpc) is 2.20. The van der Waals surface area contributed by atoms with E-state index in [4.69, 9.17) is 16.3 Å². The first-order valence-electron chi connectivity index (χ1n) is 4.56. The highest BCUT2D eigenvalue weighted by atomic mass is 35.5. The van der Waals surface area contributed by atoms with E-state index in [2.05, 4.69) is 10.6 Å². The van der Waals surface area contributed by atoms with Gasteiger partial charge in [0.2, 0.25) is 5.91 Å². The van der Waals surface area contributed by atoms with E-state index < -0.39 is 0 Å². The van der Waals surface area contributed by atoms with Crippen molar-refractivity contribution in [3.63, 3.8) is 0 Å². The number of methoxy groups -OCH3 is 1. The van der Waals surface area contributed by atoms with Gasteiger partial charge in [-0.05, 0) is 13.0 Å². The molecule has 0 bridgehead atoms. The summed E-state index contributed by atoms with van der Waals surface area (Å²) in [6, 6.07) is 3.20. The van der Waals surface area contributed by atoms with Gasteiger partial charge in [-0.2, -0.15) is 0 Å². The first-order valence-corrected chi connectivity index (χ1v) is 4.94. The van der Waals surface area contributed by atoms with E-state index in [0.29, 0.717) is 16.5 Å². The Labute approximate surface area is 92.6 Å². The van der Waals surface area contributed by atoms with Crippen molar-refractivity contribution in [1.82, 2.24) is 0 Å². The summed E-state index contributed by atoms with van der Waals surface area (Å²) >= 11 is 5.97. The SMILES string of the molecule is COc1cc2c(cc1Cl)N[C@H](C)C(=O)N2. The molecule has 0 fully saturated rings. The zero-order valence-corrected chi connectivity index (χ0v) is 9.18. The summed E-state index contributed by atoms with van der Waals surface area (Å²) in [5.41, 5.74) is 1.51. The third-order valence-electron chi connectivity index (χ3n) is 2.32. The number of rotatable bonds is 1. The molecule has 1 aromatic carbocycles. The Morgan fingerprint density at radius 1 is 1.40 bits per heavy atom. The van der Waals surface area contributed by atoms with Crippen LogP contribution in [0.4, 0.5) is 11.4 Å². The Balaban J connectivity index is 2.45. The molecule has 0 saturated heterocycles. The van der Waals surface area contributed by atoms with Crippen LogP contribution in [0.2, 0.25) is 5.02 Å².